The second-order valence-electron chi connectivity index (χ2n) is 3.41. The molecule has 1 aromatic carbocycles. The Morgan fingerprint density at radius 2 is 2.27 bits per heavy atom. The first-order valence-electron chi connectivity index (χ1n) is 4.44. The van der Waals surface area contributed by atoms with Gasteiger partial charge in [-0.2, -0.15) is 0 Å². The zero-order chi connectivity index (χ0) is 11.0. The molecule has 0 aliphatic heterocycles. The molecule has 78 valence electrons. The Kier molecular flexibility index (Phi) is 2.40. The average molecular weight is 224 g/mol. The average Bonchev–Trinajstić information content (AvgIpc) is 2.49. The Balaban J connectivity index is 2.59. The summed E-state index contributed by atoms with van der Waals surface area (Å²) < 4.78 is 5.24. The molecule has 1 heterocycles. The summed E-state index contributed by atoms with van der Waals surface area (Å²) in [5.74, 6) is -1.13. The van der Waals surface area contributed by atoms with Crippen LogP contribution in [-0.2, 0) is 11.2 Å². The third kappa shape index (κ3) is 1.83. The maximum Gasteiger partial charge on any atom is 0.134 e. The van der Waals surface area contributed by atoms with Crippen molar-refractivity contribution in [3.63, 3.8) is 0 Å². The van der Waals surface area contributed by atoms with Gasteiger partial charge in [0.1, 0.15) is 5.58 Å². The second-order valence-corrected chi connectivity index (χ2v) is 3.81. The summed E-state index contributed by atoms with van der Waals surface area (Å²) in [7, 11) is 0. The van der Waals surface area contributed by atoms with Gasteiger partial charge in [-0.1, -0.05) is 11.6 Å². The van der Waals surface area contributed by atoms with Crippen molar-refractivity contribution in [3.8, 4) is 0 Å². The summed E-state index contributed by atoms with van der Waals surface area (Å²) >= 11 is 5.95. The van der Waals surface area contributed by atoms with Crippen LogP contribution in [-0.4, -0.2) is 5.97 Å². The van der Waals surface area contributed by atoms with E-state index in [1.807, 2.05) is 6.92 Å². The van der Waals surface area contributed by atoms with Crippen molar-refractivity contribution >= 4 is 28.5 Å². The minimum absolute atomic E-state index is 0.160. The van der Waals surface area contributed by atoms with Gasteiger partial charge in [0, 0.05) is 28.4 Å². The fourth-order valence-electron chi connectivity index (χ4n) is 1.49. The first-order chi connectivity index (χ1) is 7.08. The van der Waals surface area contributed by atoms with Gasteiger partial charge in [0.25, 0.3) is 0 Å². The number of aryl methyl sites for hydroxylation is 1. The fourth-order valence-corrected chi connectivity index (χ4v) is 1.66. The van der Waals surface area contributed by atoms with E-state index in [0.29, 0.717) is 16.2 Å². The summed E-state index contributed by atoms with van der Waals surface area (Å²) in [4.78, 5) is 10.5. The minimum atomic E-state index is -1.13. The molecule has 3 nitrogen and oxygen atoms in total. The Hall–Kier alpha value is -1.48. The van der Waals surface area contributed by atoms with Gasteiger partial charge in [-0.3, -0.25) is 0 Å². The van der Waals surface area contributed by atoms with E-state index >= 15 is 0 Å². The molecule has 0 saturated heterocycles. The number of fused-ring (bicyclic) bond motifs is 1. The molecule has 0 radical (unpaired) electrons. The molecule has 0 unspecified atom stereocenters. The monoisotopic (exact) mass is 223 g/mol. The molecule has 0 saturated carbocycles. The number of hydrogen-bond acceptors (Lipinski definition) is 3. The molecule has 0 fully saturated rings. The van der Waals surface area contributed by atoms with Crippen LogP contribution in [0.4, 0.5) is 0 Å². The highest BCUT2D eigenvalue weighted by Gasteiger charge is 2.08. The van der Waals surface area contributed by atoms with E-state index < -0.39 is 5.97 Å². The smallest absolute Gasteiger partial charge is 0.134 e. The Morgan fingerprint density at radius 1 is 1.53 bits per heavy atom. The minimum Gasteiger partial charge on any atom is -0.550 e. The van der Waals surface area contributed by atoms with Crippen LogP contribution in [0.5, 0.6) is 0 Å². The highest BCUT2D eigenvalue weighted by Crippen LogP contribution is 2.27. The van der Waals surface area contributed by atoms with Crippen LogP contribution in [0.15, 0.2) is 22.8 Å². The van der Waals surface area contributed by atoms with Crippen LogP contribution >= 0.6 is 11.6 Å². The standard InChI is InChI=1S/C11H9ClO3/c1-6-2-10-8(4-9(6)12)7(5-15-10)3-11(13)14/h2,4-5H,3H2,1H3,(H,13,14)/p-1. The zero-order valence-electron chi connectivity index (χ0n) is 8.04. The first-order valence-corrected chi connectivity index (χ1v) is 4.82. The van der Waals surface area contributed by atoms with Crippen molar-refractivity contribution in [3.05, 3.63) is 34.5 Å². The number of hydrogen-bond donors (Lipinski definition) is 0. The van der Waals surface area contributed by atoms with E-state index in [1.54, 1.807) is 12.1 Å². The third-order valence-electron chi connectivity index (χ3n) is 2.27. The van der Waals surface area contributed by atoms with Crippen LogP contribution in [0.25, 0.3) is 11.0 Å². The third-order valence-corrected chi connectivity index (χ3v) is 2.68. The molecule has 0 amide bonds. The van der Waals surface area contributed by atoms with Crippen molar-refractivity contribution in [2.75, 3.05) is 0 Å². The summed E-state index contributed by atoms with van der Waals surface area (Å²) in [6.07, 6.45) is 1.27. The number of carboxylic acids is 1. The first kappa shape index (κ1) is 10.1. The van der Waals surface area contributed by atoms with Crippen LogP contribution in [0, 0.1) is 6.92 Å². The maximum absolute atomic E-state index is 10.5. The Morgan fingerprint density at radius 3 is 2.93 bits per heavy atom. The molecule has 0 aliphatic carbocycles. The van der Waals surface area contributed by atoms with Crippen LogP contribution in [0.1, 0.15) is 11.1 Å². The number of halogens is 1. The molecule has 2 rings (SSSR count). The van der Waals surface area contributed by atoms with E-state index in [0.717, 1.165) is 10.9 Å². The number of carbonyl (C=O) groups excluding carboxylic acids is 1. The van der Waals surface area contributed by atoms with Gasteiger partial charge in [0.2, 0.25) is 0 Å². The summed E-state index contributed by atoms with van der Waals surface area (Å²) in [5.41, 5.74) is 2.14. The molecule has 0 spiro atoms. The lowest BCUT2D eigenvalue weighted by Crippen LogP contribution is -2.24. The number of aliphatic carboxylic acids is 1. The lowest BCUT2D eigenvalue weighted by atomic mass is 10.1. The van der Waals surface area contributed by atoms with E-state index in [4.69, 9.17) is 16.0 Å². The Labute approximate surface area is 91.3 Å². The summed E-state index contributed by atoms with van der Waals surface area (Å²) in [6.45, 7) is 1.86. The van der Waals surface area contributed by atoms with Crippen LogP contribution in [0.2, 0.25) is 5.02 Å². The molecule has 4 heteroatoms. The van der Waals surface area contributed by atoms with E-state index in [-0.39, 0.29) is 6.42 Å². The van der Waals surface area contributed by atoms with Crippen molar-refractivity contribution in [1.82, 2.24) is 0 Å². The summed E-state index contributed by atoms with van der Waals surface area (Å²) in [5, 5.41) is 11.8. The molecule has 2 aromatic rings. The van der Waals surface area contributed by atoms with Gasteiger partial charge >= 0.3 is 0 Å². The highest BCUT2D eigenvalue weighted by atomic mass is 35.5. The number of rotatable bonds is 2. The SMILES string of the molecule is Cc1cc2occ(CC(=O)[O-])c2cc1Cl. The fraction of sp³-hybridized carbons (Fsp3) is 0.182. The topological polar surface area (TPSA) is 53.3 Å². The lowest BCUT2D eigenvalue weighted by Gasteiger charge is -2.00. The van der Waals surface area contributed by atoms with Crippen LogP contribution in [0.3, 0.4) is 0 Å². The molecular weight excluding hydrogens is 216 g/mol. The number of furan rings is 1. The Bertz CT molecular complexity index is 528. The predicted octanol–water partition coefficient (Wildman–Crippen LogP) is 1.69. The molecule has 0 aliphatic rings. The van der Waals surface area contributed by atoms with Gasteiger partial charge in [-0.05, 0) is 24.6 Å². The van der Waals surface area contributed by atoms with Gasteiger partial charge in [-0.15, -0.1) is 0 Å². The normalized spacial score (nSPS) is 10.8. The van der Waals surface area contributed by atoms with Gasteiger partial charge in [0.15, 0.2) is 0 Å². The number of carbonyl (C=O) groups is 1. The van der Waals surface area contributed by atoms with Crippen molar-refractivity contribution < 1.29 is 14.3 Å². The van der Waals surface area contributed by atoms with E-state index in [1.165, 1.54) is 6.26 Å². The molecule has 15 heavy (non-hydrogen) atoms. The van der Waals surface area contributed by atoms with Crippen molar-refractivity contribution in [1.29, 1.82) is 0 Å². The highest BCUT2D eigenvalue weighted by molar-refractivity contribution is 6.32. The quantitative estimate of drug-likeness (QED) is 0.779. The molecule has 0 bridgehead atoms. The summed E-state index contributed by atoms with van der Waals surface area (Å²) in [6, 6.07) is 3.50. The van der Waals surface area contributed by atoms with E-state index in [2.05, 4.69) is 0 Å². The zero-order valence-corrected chi connectivity index (χ0v) is 8.80. The lowest BCUT2D eigenvalue weighted by molar-refractivity contribution is -0.304. The molecule has 0 atom stereocenters. The van der Waals surface area contributed by atoms with Gasteiger partial charge in [-0.25, -0.2) is 0 Å². The maximum atomic E-state index is 10.5. The molecule has 0 N–H and O–H groups in total. The van der Waals surface area contributed by atoms with E-state index in [9.17, 15) is 9.90 Å². The number of benzene rings is 1. The number of carboxylic acid groups (broad SMARTS) is 1. The largest absolute Gasteiger partial charge is 0.550 e. The van der Waals surface area contributed by atoms with Crippen molar-refractivity contribution in [2.24, 2.45) is 0 Å². The molecule has 1 aromatic heterocycles. The predicted molar refractivity (Wildman–Crippen MR) is 54.7 cm³/mol. The van der Waals surface area contributed by atoms with Crippen molar-refractivity contribution in [2.45, 2.75) is 13.3 Å². The van der Waals surface area contributed by atoms with Gasteiger partial charge in [0.05, 0.1) is 6.26 Å². The van der Waals surface area contributed by atoms with Crippen LogP contribution < -0.4 is 5.11 Å². The van der Waals surface area contributed by atoms with Gasteiger partial charge < -0.3 is 14.3 Å². The molecular formula is C11H8ClO3-. The second kappa shape index (κ2) is 3.59.